The van der Waals surface area contributed by atoms with Gasteiger partial charge in [-0.15, -0.1) is 11.6 Å². The second-order valence-corrected chi connectivity index (χ2v) is 5.88. The minimum atomic E-state index is -0.489. The van der Waals surface area contributed by atoms with Crippen LogP contribution in [0.3, 0.4) is 0 Å². The highest BCUT2D eigenvalue weighted by molar-refractivity contribution is 6.30. The molecule has 3 nitrogen and oxygen atoms in total. The molecule has 2 heterocycles. The summed E-state index contributed by atoms with van der Waals surface area (Å²) in [6, 6.07) is 8.35. The van der Waals surface area contributed by atoms with Gasteiger partial charge >= 0.3 is 0 Å². The van der Waals surface area contributed by atoms with Crippen molar-refractivity contribution in [1.29, 1.82) is 0 Å². The van der Waals surface area contributed by atoms with Gasteiger partial charge in [-0.3, -0.25) is 4.57 Å². The molecule has 0 spiro atoms. The molecule has 1 atom stereocenters. The molecule has 0 aliphatic heterocycles. The molecule has 1 unspecified atom stereocenters. The molecule has 3 aromatic rings. The van der Waals surface area contributed by atoms with Crippen molar-refractivity contribution in [3.63, 3.8) is 0 Å². The number of halogens is 3. The van der Waals surface area contributed by atoms with Crippen molar-refractivity contribution >= 4 is 34.4 Å². The molecule has 108 valence electrons. The van der Waals surface area contributed by atoms with Gasteiger partial charge in [-0.2, -0.15) is 0 Å². The van der Waals surface area contributed by atoms with Crippen LogP contribution < -0.4 is 0 Å². The van der Waals surface area contributed by atoms with Gasteiger partial charge in [-0.1, -0.05) is 11.6 Å². The summed E-state index contributed by atoms with van der Waals surface area (Å²) in [5.41, 5.74) is 2.82. The molecule has 0 radical (unpaired) electrons. The second-order valence-electron chi connectivity index (χ2n) is 4.82. The number of hydrogen-bond donors (Lipinski definition) is 0. The van der Waals surface area contributed by atoms with E-state index in [0.717, 1.165) is 11.2 Å². The Hall–Kier alpha value is -1.65. The maximum absolute atomic E-state index is 13.8. The molecular formula is C15H12Cl2FN3. The summed E-state index contributed by atoms with van der Waals surface area (Å²) >= 11 is 12.0. The van der Waals surface area contributed by atoms with Gasteiger partial charge < -0.3 is 0 Å². The summed E-state index contributed by atoms with van der Waals surface area (Å²) in [5.74, 6) is 0.128. The topological polar surface area (TPSA) is 30.7 Å². The maximum atomic E-state index is 13.8. The molecule has 21 heavy (non-hydrogen) atoms. The number of aromatic nitrogens is 3. The number of rotatable bonds is 2. The number of fused-ring (bicyclic) bond motifs is 1. The molecule has 0 saturated carbocycles. The second kappa shape index (κ2) is 5.28. The third-order valence-corrected chi connectivity index (χ3v) is 3.69. The molecule has 6 heteroatoms. The van der Waals surface area contributed by atoms with E-state index in [9.17, 15) is 4.39 Å². The van der Waals surface area contributed by atoms with Gasteiger partial charge in [0.05, 0.1) is 16.1 Å². The predicted molar refractivity (Wildman–Crippen MR) is 82.8 cm³/mol. The van der Waals surface area contributed by atoms with Crippen LogP contribution in [0.1, 0.15) is 23.8 Å². The van der Waals surface area contributed by atoms with Crippen molar-refractivity contribution in [2.75, 3.05) is 0 Å². The van der Waals surface area contributed by atoms with E-state index in [2.05, 4.69) is 9.97 Å². The average molecular weight is 324 g/mol. The summed E-state index contributed by atoms with van der Waals surface area (Å²) in [4.78, 5) is 8.99. The highest BCUT2D eigenvalue weighted by atomic mass is 35.5. The van der Waals surface area contributed by atoms with Gasteiger partial charge in [0, 0.05) is 5.69 Å². The first kappa shape index (κ1) is 14.3. The molecule has 2 aromatic heterocycles. The van der Waals surface area contributed by atoms with E-state index < -0.39 is 5.82 Å². The molecule has 0 aliphatic carbocycles. The fourth-order valence-corrected chi connectivity index (χ4v) is 2.48. The number of alkyl halides is 1. The Morgan fingerprint density at radius 3 is 2.62 bits per heavy atom. The van der Waals surface area contributed by atoms with E-state index in [1.54, 1.807) is 10.6 Å². The number of benzene rings is 1. The molecule has 0 aliphatic rings. The molecule has 0 bridgehead atoms. The number of hydrogen-bond acceptors (Lipinski definition) is 2. The van der Waals surface area contributed by atoms with E-state index >= 15 is 0 Å². The minimum Gasteiger partial charge on any atom is -0.279 e. The Balaban J connectivity index is 2.35. The van der Waals surface area contributed by atoms with Gasteiger partial charge in [-0.25, -0.2) is 14.4 Å². The minimum absolute atomic E-state index is 0.0767. The Labute approximate surface area is 131 Å². The molecule has 0 N–H and O–H groups in total. The van der Waals surface area contributed by atoms with Crippen molar-refractivity contribution in [2.45, 2.75) is 19.2 Å². The van der Waals surface area contributed by atoms with Gasteiger partial charge in [0.25, 0.3) is 0 Å². The first-order chi connectivity index (χ1) is 9.97. The standard InChI is InChI=1S/C15H12Cl2FN3/c1-8-3-6-13-15(19-8)21(14(20-13)9(2)16)10-4-5-11(17)12(18)7-10/h3-7,9H,1-2H3. The fourth-order valence-electron chi connectivity index (χ4n) is 2.21. The van der Waals surface area contributed by atoms with Gasteiger partial charge in [0.2, 0.25) is 0 Å². The van der Waals surface area contributed by atoms with Crippen molar-refractivity contribution < 1.29 is 4.39 Å². The molecular weight excluding hydrogens is 312 g/mol. The Kier molecular flexibility index (Phi) is 3.59. The maximum Gasteiger partial charge on any atom is 0.164 e. The van der Waals surface area contributed by atoms with E-state index in [4.69, 9.17) is 23.2 Å². The van der Waals surface area contributed by atoms with E-state index in [1.807, 2.05) is 26.0 Å². The highest BCUT2D eigenvalue weighted by Gasteiger charge is 2.18. The fraction of sp³-hybridized carbons (Fsp3) is 0.200. The van der Waals surface area contributed by atoms with Gasteiger partial charge in [0.1, 0.15) is 17.2 Å². The van der Waals surface area contributed by atoms with Crippen LogP contribution in [0.2, 0.25) is 5.02 Å². The lowest BCUT2D eigenvalue weighted by molar-refractivity contribution is 0.626. The molecule has 0 fully saturated rings. The lowest BCUT2D eigenvalue weighted by Gasteiger charge is -2.10. The summed E-state index contributed by atoms with van der Waals surface area (Å²) in [7, 11) is 0. The van der Waals surface area contributed by atoms with Crippen LogP contribution in [0.25, 0.3) is 16.9 Å². The summed E-state index contributed by atoms with van der Waals surface area (Å²) < 4.78 is 15.5. The molecule has 0 amide bonds. The molecule has 0 saturated heterocycles. The largest absolute Gasteiger partial charge is 0.279 e. The van der Waals surface area contributed by atoms with E-state index in [1.165, 1.54) is 12.1 Å². The van der Waals surface area contributed by atoms with Crippen LogP contribution in [0.4, 0.5) is 4.39 Å². The number of nitrogens with zero attached hydrogens (tertiary/aromatic N) is 3. The first-order valence-corrected chi connectivity index (χ1v) is 7.24. The zero-order valence-corrected chi connectivity index (χ0v) is 13.0. The number of pyridine rings is 1. The predicted octanol–water partition coefficient (Wildman–Crippen LogP) is 4.82. The normalized spacial score (nSPS) is 12.8. The zero-order chi connectivity index (χ0) is 15.1. The van der Waals surface area contributed by atoms with Crippen molar-refractivity contribution in [2.24, 2.45) is 0 Å². The van der Waals surface area contributed by atoms with Crippen LogP contribution in [-0.4, -0.2) is 14.5 Å². The molecule has 1 aromatic carbocycles. The Bertz CT molecular complexity index is 827. The zero-order valence-electron chi connectivity index (χ0n) is 11.4. The lowest BCUT2D eigenvalue weighted by Crippen LogP contribution is -2.03. The first-order valence-electron chi connectivity index (χ1n) is 6.43. The third kappa shape index (κ3) is 2.49. The summed E-state index contributed by atoms with van der Waals surface area (Å²) in [6.07, 6.45) is 0. The lowest BCUT2D eigenvalue weighted by atomic mass is 10.3. The van der Waals surface area contributed by atoms with Crippen LogP contribution in [0.5, 0.6) is 0 Å². The summed E-state index contributed by atoms with van der Waals surface area (Å²) in [5, 5.41) is -0.258. The quantitative estimate of drug-likeness (QED) is 0.633. The van der Waals surface area contributed by atoms with Crippen molar-refractivity contribution in [3.8, 4) is 5.69 Å². The van der Waals surface area contributed by atoms with E-state index in [-0.39, 0.29) is 10.4 Å². The van der Waals surface area contributed by atoms with Crippen LogP contribution in [0, 0.1) is 12.7 Å². The third-order valence-electron chi connectivity index (χ3n) is 3.19. The SMILES string of the molecule is Cc1ccc2nc(C(C)Cl)n(-c3ccc(Cl)c(F)c3)c2n1. The monoisotopic (exact) mass is 323 g/mol. The Morgan fingerprint density at radius 2 is 1.95 bits per heavy atom. The van der Waals surface area contributed by atoms with Crippen molar-refractivity contribution in [3.05, 3.63) is 52.7 Å². The number of aryl methyl sites for hydroxylation is 1. The average Bonchev–Trinajstić information content (AvgIpc) is 2.80. The number of imidazole rings is 1. The Morgan fingerprint density at radius 1 is 1.19 bits per heavy atom. The van der Waals surface area contributed by atoms with Gasteiger partial charge in [0.15, 0.2) is 5.65 Å². The van der Waals surface area contributed by atoms with Crippen LogP contribution in [0.15, 0.2) is 30.3 Å². The van der Waals surface area contributed by atoms with Crippen LogP contribution in [-0.2, 0) is 0 Å². The smallest absolute Gasteiger partial charge is 0.164 e. The van der Waals surface area contributed by atoms with Crippen molar-refractivity contribution in [1.82, 2.24) is 14.5 Å². The van der Waals surface area contributed by atoms with Gasteiger partial charge in [-0.05, 0) is 44.2 Å². The van der Waals surface area contributed by atoms with E-state index in [0.29, 0.717) is 17.2 Å². The van der Waals surface area contributed by atoms with Crippen LogP contribution >= 0.6 is 23.2 Å². The highest BCUT2D eigenvalue weighted by Crippen LogP contribution is 2.28. The summed E-state index contributed by atoms with van der Waals surface area (Å²) in [6.45, 7) is 3.71. The molecule has 3 rings (SSSR count).